The van der Waals surface area contributed by atoms with Crippen molar-refractivity contribution < 1.29 is 14.4 Å². The van der Waals surface area contributed by atoms with Gasteiger partial charge in [-0.25, -0.2) is 0 Å². The first-order valence-corrected chi connectivity index (χ1v) is 9.62. The number of Topliss-reactive ketones (excluding diaryl/α,β-unsaturated/α-hetero) is 1. The van der Waals surface area contributed by atoms with E-state index in [4.69, 9.17) is 0 Å². The minimum absolute atomic E-state index is 0.000161. The fourth-order valence-electron chi connectivity index (χ4n) is 3.88. The van der Waals surface area contributed by atoms with Gasteiger partial charge < -0.3 is 0 Å². The molecule has 0 atom stereocenters. The highest BCUT2D eigenvalue weighted by Crippen LogP contribution is 2.25. The maximum Gasteiger partial charge on any atom is 0.227 e. The first-order valence-electron chi connectivity index (χ1n) is 9.62. The van der Waals surface area contributed by atoms with Crippen LogP contribution in [-0.2, 0) is 12.8 Å². The zero-order valence-electron chi connectivity index (χ0n) is 16.7. The molecule has 0 amide bonds. The largest absolute Gasteiger partial charge is 0.294 e. The van der Waals surface area contributed by atoms with Gasteiger partial charge in [-0.05, 0) is 61.2 Å². The molecule has 0 radical (unpaired) electrons. The van der Waals surface area contributed by atoms with Crippen LogP contribution in [0.3, 0.4) is 0 Å². The van der Waals surface area contributed by atoms with Crippen LogP contribution in [0.4, 0.5) is 0 Å². The normalized spacial score (nSPS) is 11.3. The molecule has 5 heteroatoms. The fraction of sp³-hybridized carbons (Fsp3) is 0.208. The van der Waals surface area contributed by atoms with Gasteiger partial charge in [0, 0.05) is 42.6 Å². The highest BCUT2D eigenvalue weighted by molar-refractivity contribution is 6.09. The Morgan fingerprint density at radius 3 is 2.00 bits per heavy atom. The molecule has 0 bridgehead atoms. The van der Waals surface area contributed by atoms with Gasteiger partial charge in [-0.1, -0.05) is 12.1 Å². The lowest BCUT2D eigenvalue weighted by Crippen LogP contribution is -2.03. The third-order valence-electron chi connectivity index (χ3n) is 5.38. The predicted octanol–water partition coefficient (Wildman–Crippen LogP) is 4.90. The molecule has 0 unspecified atom stereocenters. The summed E-state index contributed by atoms with van der Waals surface area (Å²) in [4.78, 5) is 35.5. The molecule has 0 saturated heterocycles. The molecule has 29 heavy (non-hydrogen) atoms. The Labute approximate surface area is 168 Å². The van der Waals surface area contributed by atoms with E-state index in [1.165, 1.54) is 24.0 Å². The summed E-state index contributed by atoms with van der Waals surface area (Å²) in [5, 5.41) is 1.87. The molecular formula is C24H22N2O3. The minimum atomic E-state index is -0.110. The number of aromatic nitrogens is 2. The Morgan fingerprint density at radius 2 is 1.38 bits per heavy atom. The summed E-state index contributed by atoms with van der Waals surface area (Å²) < 4.78 is 3.18. The third-order valence-corrected chi connectivity index (χ3v) is 5.38. The van der Waals surface area contributed by atoms with E-state index < -0.39 is 0 Å². The average Bonchev–Trinajstić information content (AvgIpc) is 3.27. The van der Waals surface area contributed by atoms with Crippen molar-refractivity contribution >= 4 is 39.4 Å². The number of benzene rings is 2. The van der Waals surface area contributed by atoms with E-state index in [0.29, 0.717) is 5.56 Å². The van der Waals surface area contributed by atoms with Crippen molar-refractivity contribution in [1.82, 2.24) is 9.13 Å². The topological polar surface area (TPSA) is 61.1 Å². The van der Waals surface area contributed by atoms with Crippen molar-refractivity contribution in [3.8, 4) is 0 Å². The van der Waals surface area contributed by atoms with Gasteiger partial charge in [0.05, 0.1) is 11.0 Å². The Kier molecular flexibility index (Phi) is 4.66. The van der Waals surface area contributed by atoms with E-state index in [9.17, 15) is 14.4 Å². The molecule has 0 aliphatic heterocycles. The zero-order valence-corrected chi connectivity index (χ0v) is 16.7. The van der Waals surface area contributed by atoms with E-state index in [-0.39, 0.29) is 17.6 Å². The molecule has 0 spiro atoms. The number of carbonyl (C=O) groups excluding carboxylic acids is 3. The predicted molar refractivity (Wildman–Crippen MR) is 114 cm³/mol. The molecule has 146 valence electrons. The van der Waals surface area contributed by atoms with E-state index in [2.05, 4.69) is 6.07 Å². The fourth-order valence-corrected chi connectivity index (χ4v) is 3.88. The molecule has 5 nitrogen and oxygen atoms in total. The first kappa shape index (κ1) is 18.9. The summed E-state index contributed by atoms with van der Waals surface area (Å²) in [5.74, 6) is -0.159. The van der Waals surface area contributed by atoms with Crippen molar-refractivity contribution in [1.29, 1.82) is 0 Å². The quantitative estimate of drug-likeness (QED) is 0.469. The Hall–Kier alpha value is -3.47. The summed E-state index contributed by atoms with van der Waals surface area (Å²) in [6.07, 6.45) is 5.09. The van der Waals surface area contributed by atoms with Crippen molar-refractivity contribution in [2.45, 2.75) is 33.6 Å². The molecule has 0 aliphatic carbocycles. The van der Waals surface area contributed by atoms with Crippen LogP contribution in [0.15, 0.2) is 54.9 Å². The van der Waals surface area contributed by atoms with Crippen LogP contribution in [0, 0.1) is 0 Å². The smallest absolute Gasteiger partial charge is 0.227 e. The summed E-state index contributed by atoms with van der Waals surface area (Å²) in [5.41, 5.74) is 4.55. The molecule has 0 N–H and O–H groups in total. The SMILES string of the molecule is CC(=O)c1cn(C(C)=O)c2ccc(CCc3ccc4c(ccn4C(C)=O)c3)cc12. The van der Waals surface area contributed by atoms with Gasteiger partial charge in [0.15, 0.2) is 5.78 Å². The maximum atomic E-state index is 12.0. The third kappa shape index (κ3) is 3.40. The monoisotopic (exact) mass is 386 g/mol. The Balaban J connectivity index is 1.62. The van der Waals surface area contributed by atoms with Gasteiger partial charge in [0.25, 0.3) is 0 Å². The summed E-state index contributed by atoms with van der Waals surface area (Å²) in [6, 6.07) is 14.0. The summed E-state index contributed by atoms with van der Waals surface area (Å²) in [6.45, 7) is 4.57. The van der Waals surface area contributed by atoms with Crippen molar-refractivity contribution in [3.05, 3.63) is 71.5 Å². The number of fused-ring (bicyclic) bond motifs is 2. The second kappa shape index (κ2) is 7.17. The number of hydrogen-bond donors (Lipinski definition) is 0. The molecule has 2 aromatic heterocycles. The van der Waals surface area contributed by atoms with Crippen LogP contribution >= 0.6 is 0 Å². The van der Waals surface area contributed by atoms with Crippen LogP contribution in [0.2, 0.25) is 0 Å². The van der Waals surface area contributed by atoms with E-state index >= 15 is 0 Å². The number of hydrogen-bond acceptors (Lipinski definition) is 3. The molecule has 4 aromatic rings. The van der Waals surface area contributed by atoms with Crippen molar-refractivity contribution in [3.63, 3.8) is 0 Å². The number of carbonyl (C=O) groups is 3. The highest BCUT2D eigenvalue weighted by Gasteiger charge is 2.14. The number of nitrogens with zero attached hydrogens (tertiary/aromatic N) is 2. The minimum Gasteiger partial charge on any atom is -0.294 e. The molecule has 2 aromatic carbocycles. The summed E-state index contributed by atoms with van der Waals surface area (Å²) >= 11 is 0. The molecular weight excluding hydrogens is 364 g/mol. The Bertz CT molecular complexity index is 1290. The Morgan fingerprint density at radius 1 is 0.759 bits per heavy atom. The van der Waals surface area contributed by atoms with Crippen LogP contribution in [0.1, 0.15) is 51.8 Å². The molecule has 2 heterocycles. The van der Waals surface area contributed by atoms with E-state index in [0.717, 1.165) is 40.2 Å². The maximum absolute atomic E-state index is 12.0. The van der Waals surface area contributed by atoms with Crippen LogP contribution in [-0.4, -0.2) is 26.7 Å². The van der Waals surface area contributed by atoms with Gasteiger partial charge in [-0.3, -0.25) is 23.5 Å². The number of aryl methyl sites for hydroxylation is 2. The van der Waals surface area contributed by atoms with Crippen molar-refractivity contribution in [2.24, 2.45) is 0 Å². The lowest BCUT2D eigenvalue weighted by molar-refractivity contribution is 0.0932. The molecule has 0 aliphatic rings. The number of ketones is 1. The van der Waals surface area contributed by atoms with Crippen molar-refractivity contribution in [2.75, 3.05) is 0 Å². The van der Waals surface area contributed by atoms with Crippen LogP contribution < -0.4 is 0 Å². The average molecular weight is 386 g/mol. The van der Waals surface area contributed by atoms with E-state index in [1.54, 1.807) is 23.9 Å². The lowest BCUT2D eigenvalue weighted by atomic mass is 10.0. The van der Waals surface area contributed by atoms with Gasteiger partial charge in [0.1, 0.15) is 0 Å². The van der Waals surface area contributed by atoms with Gasteiger partial charge in [-0.2, -0.15) is 0 Å². The van der Waals surface area contributed by atoms with Gasteiger partial charge in [-0.15, -0.1) is 0 Å². The first-order chi connectivity index (χ1) is 13.8. The molecule has 4 rings (SSSR count). The molecule has 0 fully saturated rings. The highest BCUT2D eigenvalue weighted by atomic mass is 16.2. The second-order valence-corrected chi connectivity index (χ2v) is 7.44. The van der Waals surface area contributed by atoms with Gasteiger partial charge >= 0.3 is 0 Å². The van der Waals surface area contributed by atoms with E-state index in [1.807, 2.05) is 36.4 Å². The van der Waals surface area contributed by atoms with Gasteiger partial charge in [0.2, 0.25) is 11.8 Å². The lowest BCUT2D eigenvalue weighted by Gasteiger charge is -2.06. The van der Waals surface area contributed by atoms with Crippen LogP contribution in [0.5, 0.6) is 0 Å². The number of rotatable bonds is 4. The summed E-state index contributed by atoms with van der Waals surface area (Å²) in [7, 11) is 0. The van der Waals surface area contributed by atoms with Crippen LogP contribution in [0.25, 0.3) is 21.8 Å². The zero-order chi connectivity index (χ0) is 20.7. The standard InChI is InChI=1S/C24H22N2O3/c1-15(27)22-14-26(17(3)29)24-9-7-19(13-21(22)24)5-4-18-6-8-23-20(12-18)10-11-25(23)16(2)28/h6-14H,4-5H2,1-3H3. The molecule has 0 saturated carbocycles. The second-order valence-electron chi connectivity index (χ2n) is 7.44.